The second-order valence-electron chi connectivity index (χ2n) is 6.51. The Labute approximate surface area is 132 Å². The molecule has 1 aromatic rings. The molecule has 0 N–H and O–H groups in total. The van der Waals surface area contributed by atoms with Gasteiger partial charge in [-0.3, -0.25) is 9.59 Å². The zero-order valence-corrected chi connectivity index (χ0v) is 14.1. The molecule has 1 saturated carbocycles. The first-order valence-electron chi connectivity index (χ1n) is 8.27. The molecule has 1 heterocycles. The Kier molecular flexibility index (Phi) is 5.43. The Balaban J connectivity index is 2.18. The van der Waals surface area contributed by atoms with Crippen molar-refractivity contribution in [3.8, 4) is 0 Å². The third-order valence-corrected chi connectivity index (χ3v) is 4.69. The average molecular weight is 305 g/mol. The summed E-state index contributed by atoms with van der Waals surface area (Å²) in [6.07, 6.45) is 5.62. The number of aryl methyl sites for hydroxylation is 1. The van der Waals surface area contributed by atoms with E-state index in [0.717, 1.165) is 42.6 Å². The monoisotopic (exact) mass is 305 g/mol. The van der Waals surface area contributed by atoms with E-state index in [1.807, 2.05) is 26.8 Å². The quantitative estimate of drug-likeness (QED) is 0.610. The molecule has 0 aromatic carbocycles. The fourth-order valence-corrected chi connectivity index (χ4v) is 3.60. The van der Waals surface area contributed by atoms with Crippen LogP contribution in [0.15, 0.2) is 6.07 Å². The predicted octanol–water partition coefficient (Wildman–Crippen LogP) is 3.99. The minimum atomic E-state index is -0.271. The van der Waals surface area contributed by atoms with E-state index in [1.165, 1.54) is 13.3 Å². The van der Waals surface area contributed by atoms with Crippen molar-refractivity contribution in [1.29, 1.82) is 0 Å². The van der Waals surface area contributed by atoms with Gasteiger partial charge >= 0.3 is 5.97 Å². The maximum atomic E-state index is 12.8. The number of nitrogens with zero attached hydrogens (tertiary/aromatic N) is 1. The maximum absolute atomic E-state index is 12.8. The Bertz CT molecular complexity index is 553. The van der Waals surface area contributed by atoms with Crippen molar-refractivity contribution < 1.29 is 14.3 Å². The molecule has 1 aliphatic rings. The van der Waals surface area contributed by atoms with Gasteiger partial charge in [0.1, 0.15) is 6.61 Å². The van der Waals surface area contributed by atoms with Crippen molar-refractivity contribution in [2.45, 2.75) is 65.8 Å². The molecule has 1 aromatic heterocycles. The van der Waals surface area contributed by atoms with Gasteiger partial charge in [-0.15, -0.1) is 0 Å². The van der Waals surface area contributed by atoms with E-state index in [4.69, 9.17) is 4.74 Å². The Morgan fingerprint density at radius 2 is 1.91 bits per heavy atom. The normalized spacial score (nSPS) is 17.3. The molecular weight excluding hydrogens is 278 g/mol. The van der Waals surface area contributed by atoms with Gasteiger partial charge < -0.3 is 9.30 Å². The minimum Gasteiger partial charge on any atom is -0.464 e. The second-order valence-corrected chi connectivity index (χ2v) is 6.51. The molecule has 0 amide bonds. The lowest BCUT2D eigenvalue weighted by Crippen LogP contribution is -2.20. The smallest absolute Gasteiger partial charge is 0.302 e. The number of esters is 1. The van der Waals surface area contributed by atoms with Gasteiger partial charge in [-0.05, 0) is 39.7 Å². The van der Waals surface area contributed by atoms with Gasteiger partial charge in [0.05, 0.1) is 6.04 Å². The number of hydrogen-bond donors (Lipinski definition) is 0. The molecule has 4 heteroatoms. The average Bonchev–Trinajstić information content (AvgIpc) is 2.80. The molecule has 0 saturated heterocycles. The summed E-state index contributed by atoms with van der Waals surface area (Å²) in [7, 11) is 0. The number of ether oxygens (including phenoxy) is 1. The van der Waals surface area contributed by atoms with Crippen molar-refractivity contribution in [2.24, 2.45) is 5.92 Å². The topological polar surface area (TPSA) is 48.3 Å². The molecule has 122 valence electrons. The largest absolute Gasteiger partial charge is 0.464 e. The first-order valence-corrected chi connectivity index (χ1v) is 8.27. The van der Waals surface area contributed by atoms with Crippen molar-refractivity contribution in [1.82, 2.24) is 4.57 Å². The van der Waals surface area contributed by atoms with Crippen LogP contribution >= 0.6 is 0 Å². The third-order valence-electron chi connectivity index (χ3n) is 4.69. The molecule has 0 aliphatic heterocycles. The van der Waals surface area contributed by atoms with Crippen LogP contribution in [0.3, 0.4) is 0 Å². The van der Waals surface area contributed by atoms with Crippen LogP contribution in [0.25, 0.3) is 0 Å². The molecule has 1 unspecified atom stereocenters. The maximum Gasteiger partial charge on any atom is 0.302 e. The van der Waals surface area contributed by atoms with E-state index < -0.39 is 0 Å². The van der Waals surface area contributed by atoms with E-state index in [2.05, 4.69) is 4.57 Å². The Morgan fingerprint density at radius 1 is 1.27 bits per heavy atom. The van der Waals surface area contributed by atoms with Gasteiger partial charge in [0.15, 0.2) is 5.78 Å². The van der Waals surface area contributed by atoms with Crippen LogP contribution in [-0.2, 0) is 9.53 Å². The van der Waals surface area contributed by atoms with E-state index in [-0.39, 0.29) is 17.9 Å². The van der Waals surface area contributed by atoms with Gasteiger partial charge in [0.2, 0.25) is 0 Å². The van der Waals surface area contributed by atoms with E-state index in [9.17, 15) is 9.59 Å². The summed E-state index contributed by atoms with van der Waals surface area (Å²) in [6, 6.07) is 2.04. The summed E-state index contributed by atoms with van der Waals surface area (Å²) in [4.78, 5) is 23.8. The van der Waals surface area contributed by atoms with Crippen LogP contribution in [-0.4, -0.2) is 22.9 Å². The Hall–Kier alpha value is -1.58. The molecule has 0 bridgehead atoms. The number of aromatic nitrogens is 1. The molecule has 0 spiro atoms. The highest BCUT2D eigenvalue weighted by Gasteiger charge is 2.26. The zero-order chi connectivity index (χ0) is 16.3. The Morgan fingerprint density at radius 3 is 2.50 bits per heavy atom. The first-order chi connectivity index (χ1) is 10.4. The number of carbonyl (C=O) groups is 2. The molecule has 2 rings (SSSR count). The molecule has 1 atom stereocenters. The fraction of sp³-hybridized carbons (Fsp3) is 0.667. The van der Waals surface area contributed by atoms with E-state index in [1.54, 1.807) is 0 Å². The van der Waals surface area contributed by atoms with Crippen LogP contribution in [0.4, 0.5) is 0 Å². The first kappa shape index (κ1) is 16.8. The number of ketones is 1. The summed E-state index contributed by atoms with van der Waals surface area (Å²) in [6.45, 7) is 7.77. The summed E-state index contributed by atoms with van der Waals surface area (Å²) in [5.41, 5.74) is 2.89. The van der Waals surface area contributed by atoms with Gasteiger partial charge in [-0.25, -0.2) is 0 Å². The number of rotatable bonds is 5. The number of carbonyl (C=O) groups excluding carboxylic acids is 2. The molecule has 1 fully saturated rings. The van der Waals surface area contributed by atoms with Crippen molar-refractivity contribution >= 4 is 11.8 Å². The summed E-state index contributed by atoms with van der Waals surface area (Å²) < 4.78 is 7.22. The zero-order valence-electron chi connectivity index (χ0n) is 14.1. The summed E-state index contributed by atoms with van der Waals surface area (Å²) in [5, 5.41) is 0. The highest BCUT2D eigenvalue weighted by Crippen LogP contribution is 2.30. The lowest BCUT2D eigenvalue weighted by molar-refractivity contribution is -0.141. The lowest BCUT2D eigenvalue weighted by atomic mass is 9.84. The highest BCUT2D eigenvalue weighted by molar-refractivity contribution is 5.99. The lowest BCUT2D eigenvalue weighted by Gasteiger charge is -2.21. The van der Waals surface area contributed by atoms with Gasteiger partial charge in [-0.2, -0.15) is 0 Å². The summed E-state index contributed by atoms with van der Waals surface area (Å²) >= 11 is 0. The predicted molar refractivity (Wildman–Crippen MR) is 86.2 cm³/mol. The SMILES string of the molecule is CC(=O)OCC(C)n1c(C)cc(C(=O)C2CCCCC2)c1C. The van der Waals surface area contributed by atoms with Gasteiger partial charge in [-0.1, -0.05) is 19.3 Å². The standard InChI is InChI=1S/C18H27NO3/c1-12-10-17(18(21)16-8-6-5-7-9-16)14(3)19(12)13(2)11-22-15(4)20/h10,13,16H,5-9,11H2,1-4H3. The van der Waals surface area contributed by atoms with Crippen LogP contribution in [0.5, 0.6) is 0 Å². The van der Waals surface area contributed by atoms with Crippen LogP contribution in [0, 0.1) is 19.8 Å². The van der Waals surface area contributed by atoms with Crippen LogP contribution in [0.2, 0.25) is 0 Å². The van der Waals surface area contributed by atoms with Gasteiger partial charge in [0.25, 0.3) is 0 Å². The highest BCUT2D eigenvalue weighted by atomic mass is 16.5. The number of hydrogen-bond acceptors (Lipinski definition) is 3. The summed E-state index contributed by atoms with van der Waals surface area (Å²) in [5.74, 6) is 0.207. The molecule has 0 radical (unpaired) electrons. The number of Topliss-reactive ketones (excluding diaryl/α,β-unsaturated/α-hetero) is 1. The van der Waals surface area contributed by atoms with Gasteiger partial charge in [0, 0.05) is 29.8 Å². The fourth-order valence-electron chi connectivity index (χ4n) is 3.60. The third kappa shape index (κ3) is 3.60. The molecule has 1 aliphatic carbocycles. The molecule has 4 nitrogen and oxygen atoms in total. The van der Waals surface area contributed by atoms with E-state index in [0.29, 0.717) is 12.4 Å². The van der Waals surface area contributed by atoms with Crippen LogP contribution in [0.1, 0.15) is 73.7 Å². The van der Waals surface area contributed by atoms with Crippen LogP contribution < -0.4 is 0 Å². The second kappa shape index (κ2) is 7.12. The van der Waals surface area contributed by atoms with Crippen molar-refractivity contribution in [3.63, 3.8) is 0 Å². The molecule has 22 heavy (non-hydrogen) atoms. The molecular formula is C18H27NO3. The van der Waals surface area contributed by atoms with Crippen molar-refractivity contribution in [2.75, 3.05) is 6.61 Å². The van der Waals surface area contributed by atoms with E-state index >= 15 is 0 Å². The minimum absolute atomic E-state index is 0.0387. The van der Waals surface area contributed by atoms with Crippen molar-refractivity contribution in [3.05, 3.63) is 23.0 Å².